The summed E-state index contributed by atoms with van der Waals surface area (Å²) in [5.74, 6) is 0.754. The summed E-state index contributed by atoms with van der Waals surface area (Å²) in [6.45, 7) is 0.580. The molecule has 3 nitrogen and oxygen atoms in total. The molecule has 0 aliphatic heterocycles. The van der Waals surface area contributed by atoms with E-state index in [1.807, 2.05) is 24.3 Å². The van der Waals surface area contributed by atoms with Crippen molar-refractivity contribution in [2.24, 2.45) is 5.92 Å². The van der Waals surface area contributed by atoms with Crippen LogP contribution in [0.4, 0.5) is 0 Å². The van der Waals surface area contributed by atoms with Crippen LogP contribution in [0.15, 0.2) is 60.0 Å². The number of nitrogens with one attached hydrogen (secondary N) is 1. The molecular formula is C24H26N2OS. The number of rotatable bonds is 6. The van der Waals surface area contributed by atoms with E-state index >= 15 is 0 Å². The van der Waals surface area contributed by atoms with Crippen LogP contribution in [0.2, 0.25) is 0 Å². The van der Waals surface area contributed by atoms with Gasteiger partial charge in [0.25, 0.3) is 0 Å². The first-order valence-electron chi connectivity index (χ1n) is 10.1. The van der Waals surface area contributed by atoms with Gasteiger partial charge in [0.2, 0.25) is 5.91 Å². The van der Waals surface area contributed by atoms with Crippen LogP contribution < -0.4 is 5.32 Å². The number of nitrogens with zero attached hydrogens (tertiary/aromatic N) is 1. The molecule has 0 saturated heterocycles. The summed E-state index contributed by atoms with van der Waals surface area (Å²) in [5, 5.41) is 6.21. The maximum atomic E-state index is 12.3. The van der Waals surface area contributed by atoms with Gasteiger partial charge in [0, 0.05) is 29.5 Å². The van der Waals surface area contributed by atoms with E-state index in [1.165, 1.54) is 32.1 Å². The Bertz CT molecular complexity index is 913. The van der Waals surface area contributed by atoms with Crippen molar-refractivity contribution in [2.45, 2.75) is 45.1 Å². The molecule has 0 radical (unpaired) electrons. The van der Waals surface area contributed by atoms with Gasteiger partial charge >= 0.3 is 0 Å². The van der Waals surface area contributed by atoms with Crippen LogP contribution in [-0.4, -0.2) is 10.9 Å². The Hall–Kier alpha value is -2.46. The molecule has 2 aromatic carbocycles. The van der Waals surface area contributed by atoms with E-state index < -0.39 is 0 Å². The second kappa shape index (κ2) is 9.16. The Morgan fingerprint density at radius 2 is 1.79 bits per heavy atom. The highest BCUT2D eigenvalue weighted by atomic mass is 32.1. The Labute approximate surface area is 170 Å². The summed E-state index contributed by atoms with van der Waals surface area (Å²) in [5.41, 5.74) is 4.36. The molecular weight excluding hydrogens is 364 g/mol. The van der Waals surface area contributed by atoms with Crippen LogP contribution >= 0.6 is 11.3 Å². The summed E-state index contributed by atoms with van der Waals surface area (Å²) < 4.78 is 0. The first kappa shape index (κ1) is 18.9. The minimum absolute atomic E-state index is 0.179. The summed E-state index contributed by atoms with van der Waals surface area (Å²) >= 11 is 1.66. The lowest BCUT2D eigenvalue weighted by Crippen LogP contribution is -2.25. The van der Waals surface area contributed by atoms with Gasteiger partial charge in [0.05, 0.1) is 5.69 Å². The van der Waals surface area contributed by atoms with Crippen LogP contribution in [0.25, 0.3) is 21.8 Å². The summed E-state index contributed by atoms with van der Waals surface area (Å²) in [4.78, 5) is 17.1. The molecule has 4 rings (SSSR count). The number of carbonyl (C=O) groups is 1. The molecule has 1 amide bonds. The molecule has 3 aromatic rings. The molecule has 1 fully saturated rings. The SMILES string of the molecule is O=C(CC1CCCCC1)NCc1cccc(-c2nc(-c3ccccc3)cs2)c1. The van der Waals surface area contributed by atoms with Gasteiger partial charge in [-0.15, -0.1) is 11.3 Å². The fraction of sp³-hybridized carbons (Fsp3) is 0.333. The standard InChI is InChI=1S/C24H26N2OS/c27-23(15-18-8-3-1-4-9-18)25-16-19-10-7-13-21(14-19)24-26-22(17-28-24)20-11-5-2-6-12-20/h2,5-7,10-14,17-18H,1,3-4,8-9,15-16H2,(H,25,27). The number of aromatic nitrogens is 1. The smallest absolute Gasteiger partial charge is 0.220 e. The van der Waals surface area contributed by atoms with Crippen molar-refractivity contribution in [1.29, 1.82) is 0 Å². The third-order valence-corrected chi connectivity index (χ3v) is 6.33. The Kier molecular flexibility index (Phi) is 6.17. The van der Waals surface area contributed by atoms with E-state index in [2.05, 4.69) is 41.0 Å². The second-order valence-corrected chi connectivity index (χ2v) is 8.45. The lowest BCUT2D eigenvalue weighted by molar-refractivity contribution is -0.122. The van der Waals surface area contributed by atoms with Crippen molar-refractivity contribution in [2.75, 3.05) is 0 Å². The minimum Gasteiger partial charge on any atom is -0.352 e. The van der Waals surface area contributed by atoms with E-state index in [-0.39, 0.29) is 5.91 Å². The highest BCUT2D eigenvalue weighted by Crippen LogP contribution is 2.29. The maximum absolute atomic E-state index is 12.3. The number of carbonyl (C=O) groups excluding carboxylic acids is 1. The van der Waals surface area contributed by atoms with E-state index in [4.69, 9.17) is 4.98 Å². The van der Waals surface area contributed by atoms with Crippen molar-refractivity contribution >= 4 is 17.2 Å². The first-order valence-corrected chi connectivity index (χ1v) is 11.0. The summed E-state index contributed by atoms with van der Waals surface area (Å²) in [7, 11) is 0. The average molecular weight is 391 g/mol. The topological polar surface area (TPSA) is 42.0 Å². The van der Waals surface area contributed by atoms with E-state index in [0.29, 0.717) is 18.9 Å². The number of hydrogen-bond donors (Lipinski definition) is 1. The van der Waals surface area contributed by atoms with Gasteiger partial charge < -0.3 is 5.32 Å². The third-order valence-electron chi connectivity index (χ3n) is 5.44. The van der Waals surface area contributed by atoms with Gasteiger partial charge in [0.1, 0.15) is 5.01 Å². The fourth-order valence-corrected chi connectivity index (χ4v) is 4.71. The van der Waals surface area contributed by atoms with Crippen LogP contribution in [0, 0.1) is 5.92 Å². The monoisotopic (exact) mass is 390 g/mol. The molecule has 0 spiro atoms. The third kappa shape index (κ3) is 4.87. The van der Waals surface area contributed by atoms with Gasteiger partial charge in [-0.25, -0.2) is 4.98 Å². The maximum Gasteiger partial charge on any atom is 0.220 e. The molecule has 1 N–H and O–H groups in total. The van der Waals surface area contributed by atoms with Crippen molar-refractivity contribution in [1.82, 2.24) is 10.3 Å². The Morgan fingerprint density at radius 3 is 2.61 bits per heavy atom. The van der Waals surface area contributed by atoms with Crippen molar-refractivity contribution in [3.05, 3.63) is 65.5 Å². The predicted molar refractivity (Wildman–Crippen MR) is 116 cm³/mol. The van der Waals surface area contributed by atoms with Crippen LogP contribution in [0.3, 0.4) is 0 Å². The van der Waals surface area contributed by atoms with Crippen LogP contribution in [0.1, 0.15) is 44.1 Å². The Balaban J connectivity index is 1.38. The fourth-order valence-electron chi connectivity index (χ4n) is 3.89. The predicted octanol–water partition coefficient (Wildman–Crippen LogP) is 6.06. The molecule has 1 aliphatic rings. The van der Waals surface area contributed by atoms with E-state index in [0.717, 1.165) is 27.4 Å². The molecule has 0 unspecified atom stereocenters. The highest BCUT2D eigenvalue weighted by Gasteiger charge is 2.16. The second-order valence-electron chi connectivity index (χ2n) is 7.59. The lowest BCUT2D eigenvalue weighted by atomic mass is 9.87. The number of benzene rings is 2. The lowest BCUT2D eigenvalue weighted by Gasteiger charge is -2.20. The zero-order chi connectivity index (χ0) is 19.2. The molecule has 28 heavy (non-hydrogen) atoms. The molecule has 0 atom stereocenters. The minimum atomic E-state index is 0.179. The quantitative estimate of drug-likeness (QED) is 0.555. The zero-order valence-electron chi connectivity index (χ0n) is 16.1. The summed E-state index contributed by atoms with van der Waals surface area (Å²) in [6, 6.07) is 18.6. The van der Waals surface area contributed by atoms with E-state index in [1.54, 1.807) is 11.3 Å². The van der Waals surface area contributed by atoms with Gasteiger partial charge in [-0.3, -0.25) is 4.79 Å². The number of thiazole rings is 1. The van der Waals surface area contributed by atoms with Crippen LogP contribution in [-0.2, 0) is 11.3 Å². The number of hydrogen-bond acceptors (Lipinski definition) is 3. The molecule has 1 saturated carbocycles. The zero-order valence-corrected chi connectivity index (χ0v) is 16.9. The first-order chi connectivity index (χ1) is 13.8. The molecule has 1 heterocycles. The largest absolute Gasteiger partial charge is 0.352 e. The molecule has 4 heteroatoms. The molecule has 1 aliphatic carbocycles. The van der Waals surface area contributed by atoms with E-state index in [9.17, 15) is 4.79 Å². The normalized spacial score (nSPS) is 14.7. The van der Waals surface area contributed by atoms with Gasteiger partial charge in [0.15, 0.2) is 0 Å². The Morgan fingerprint density at radius 1 is 1.00 bits per heavy atom. The molecule has 144 valence electrons. The van der Waals surface area contributed by atoms with Crippen molar-refractivity contribution in [3.63, 3.8) is 0 Å². The van der Waals surface area contributed by atoms with Gasteiger partial charge in [-0.1, -0.05) is 67.8 Å². The highest BCUT2D eigenvalue weighted by molar-refractivity contribution is 7.13. The van der Waals surface area contributed by atoms with Crippen molar-refractivity contribution in [3.8, 4) is 21.8 Å². The van der Waals surface area contributed by atoms with Gasteiger partial charge in [-0.2, -0.15) is 0 Å². The van der Waals surface area contributed by atoms with Gasteiger partial charge in [-0.05, 0) is 30.4 Å². The summed E-state index contributed by atoms with van der Waals surface area (Å²) in [6.07, 6.45) is 6.96. The van der Waals surface area contributed by atoms with Crippen molar-refractivity contribution < 1.29 is 4.79 Å². The van der Waals surface area contributed by atoms with Crippen LogP contribution in [0.5, 0.6) is 0 Å². The number of amides is 1. The molecule has 0 bridgehead atoms. The average Bonchev–Trinajstić information content (AvgIpc) is 3.24. The molecule has 1 aromatic heterocycles.